The van der Waals surface area contributed by atoms with Crippen LogP contribution >= 0.6 is 0 Å². The second-order valence-corrected chi connectivity index (χ2v) is 7.72. The summed E-state index contributed by atoms with van der Waals surface area (Å²) >= 11 is 0. The van der Waals surface area contributed by atoms with Gasteiger partial charge in [-0.1, -0.05) is 19.9 Å². The fourth-order valence-corrected chi connectivity index (χ4v) is 4.23. The third kappa shape index (κ3) is 4.68. The average Bonchev–Trinajstić information content (AvgIpc) is 2.95. The van der Waals surface area contributed by atoms with Crippen LogP contribution in [0.15, 0.2) is 23.2 Å². The van der Waals surface area contributed by atoms with E-state index in [0.717, 1.165) is 18.5 Å². The molecule has 0 atom stereocenters. The third-order valence-electron chi connectivity index (χ3n) is 4.10. The fraction of sp³-hybridized carbons (Fsp3) is 0.562. The first-order valence-electron chi connectivity index (χ1n) is 8.12. The summed E-state index contributed by atoms with van der Waals surface area (Å²) < 4.78 is 25.5. The number of anilines is 1. The quantitative estimate of drug-likeness (QED) is 0.583. The highest BCUT2D eigenvalue weighted by atomic mass is 32.2. The Labute approximate surface area is 138 Å². The van der Waals surface area contributed by atoms with Crippen LogP contribution in [0.25, 0.3) is 0 Å². The summed E-state index contributed by atoms with van der Waals surface area (Å²) in [6.07, 6.45) is 3.44. The standard InChI is InChI=1S/C16H26N4O2S/c1-3-20(4-2)23(21,22)11-10-18-16(17)19-15-9-8-13-6-5-7-14(13)12-15/h8-9,12H,3-7,10-11H2,1-2H3,(H3,17,18,19). The number of fused-ring (bicyclic) bond motifs is 1. The van der Waals surface area contributed by atoms with Gasteiger partial charge in [0.05, 0.1) is 12.3 Å². The topological polar surface area (TPSA) is 87.8 Å². The van der Waals surface area contributed by atoms with Gasteiger partial charge in [-0.3, -0.25) is 4.99 Å². The van der Waals surface area contributed by atoms with Crippen molar-refractivity contribution in [2.45, 2.75) is 33.1 Å². The molecule has 3 N–H and O–H groups in total. The smallest absolute Gasteiger partial charge is 0.215 e. The molecule has 1 aliphatic carbocycles. The van der Waals surface area contributed by atoms with E-state index in [1.54, 1.807) is 0 Å². The van der Waals surface area contributed by atoms with Crippen LogP contribution in [0.1, 0.15) is 31.4 Å². The summed E-state index contributed by atoms with van der Waals surface area (Å²) in [5.41, 5.74) is 9.51. The second kappa shape index (κ2) is 7.79. The molecule has 1 aliphatic rings. The fourth-order valence-electron chi connectivity index (χ4n) is 2.86. The molecule has 7 heteroatoms. The molecule has 23 heavy (non-hydrogen) atoms. The molecule has 2 rings (SSSR count). The molecular weight excluding hydrogens is 312 g/mol. The molecule has 0 amide bonds. The van der Waals surface area contributed by atoms with E-state index in [-0.39, 0.29) is 18.3 Å². The Morgan fingerprint density at radius 1 is 1.26 bits per heavy atom. The lowest BCUT2D eigenvalue weighted by molar-refractivity contribution is 0.445. The van der Waals surface area contributed by atoms with Crippen molar-refractivity contribution in [1.29, 1.82) is 0 Å². The van der Waals surface area contributed by atoms with Crippen molar-refractivity contribution in [2.24, 2.45) is 10.7 Å². The molecule has 128 valence electrons. The van der Waals surface area contributed by atoms with E-state index in [4.69, 9.17) is 5.73 Å². The van der Waals surface area contributed by atoms with Gasteiger partial charge in [-0.05, 0) is 42.5 Å². The SMILES string of the molecule is CCN(CC)S(=O)(=O)CCN=C(N)Nc1ccc2c(c1)CCC2. The maximum absolute atomic E-state index is 12.1. The molecule has 0 unspecified atom stereocenters. The van der Waals surface area contributed by atoms with Crippen molar-refractivity contribution >= 4 is 21.7 Å². The normalized spacial score (nSPS) is 15.0. The molecule has 0 bridgehead atoms. The Hall–Kier alpha value is -1.60. The molecule has 0 saturated carbocycles. The molecule has 0 aliphatic heterocycles. The van der Waals surface area contributed by atoms with Crippen molar-refractivity contribution in [3.8, 4) is 0 Å². The van der Waals surface area contributed by atoms with Crippen LogP contribution in [0.5, 0.6) is 0 Å². The van der Waals surface area contributed by atoms with Crippen molar-refractivity contribution in [2.75, 3.05) is 30.7 Å². The first kappa shape index (κ1) is 17.7. The van der Waals surface area contributed by atoms with E-state index in [0.29, 0.717) is 13.1 Å². The minimum atomic E-state index is -3.26. The lowest BCUT2D eigenvalue weighted by atomic mass is 10.1. The molecule has 0 saturated heterocycles. The van der Waals surface area contributed by atoms with Crippen LogP contribution in [0.4, 0.5) is 5.69 Å². The lowest BCUT2D eigenvalue weighted by Gasteiger charge is -2.17. The van der Waals surface area contributed by atoms with Crippen molar-refractivity contribution in [3.05, 3.63) is 29.3 Å². The van der Waals surface area contributed by atoms with Gasteiger partial charge in [-0.2, -0.15) is 0 Å². The van der Waals surface area contributed by atoms with Crippen LogP contribution in [0, 0.1) is 0 Å². The molecule has 1 aromatic carbocycles. The van der Waals surface area contributed by atoms with Gasteiger partial charge >= 0.3 is 0 Å². The summed E-state index contributed by atoms with van der Waals surface area (Å²) in [5, 5.41) is 3.03. The van der Waals surface area contributed by atoms with Crippen molar-refractivity contribution < 1.29 is 8.42 Å². The Kier molecular flexibility index (Phi) is 6.01. The monoisotopic (exact) mass is 338 g/mol. The van der Waals surface area contributed by atoms with Gasteiger partial charge in [0.25, 0.3) is 0 Å². The summed E-state index contributed by atoms with van der Waals surface area (Å²) in [6, 6.07) is 6.19. The molecule has 0 heterocycles. The minimum absolute atomic E-state index is 0.0265. The van der Waals surface area contributed by atoms with Gasteiger partial charge in [0.1, 0.15) is 0 Å². The van der Waals surface area contributed by atoms with Crippen molar-refractivity contribution in [3.63, 3.8) is 0 Å². The lowest BCUT2D eigenvalue weighted by Crippen LogP contribution is -2.34. The van der Waals surface area contributed by atoms with Gasteiger partial charge in [-0.15, -0.1) is 0 Å². The van der Waals surface area contributed by atoms with Crippen LogP contribution < -0.4 is 11.1 Å². The number of guanidine groups is 1. The van der Waals surface area contributed by atoms with Crippen LogP contribution in [0.3, 0.4) is 0 Å². The Bertz CT molecular complexity index is 667. The zero-order chi connectivity index (χ0) is 16.9. The summed E-state index contributed by atoms with van der Waals surface area (Å²) in [7, 11) is -3.26. The van der Waals surface area contributed by atoms with E-state index in [1.807, 2.05) is 19.9 Å². The number of sulfonamides is 1. The maximum atomic E-state index is 12.1. The Morgan fingerprint density at radius 2 is 1.96 bits per heavy atom. The van der Waals surface area contributed by atoms with Gasteiger partial charge in [0, 0.05) is 18.8 Å². The van der Waals surface area contributed by atoms with Gasteiger partial charge < -0.3 is 11.1 Å². The Balaban J connectivity index is 1.91. The molecule has 0 aromatic heterocycles. The highest BCUT2D eigenvalue weighted by Crippen LogP contribution is 2.24. The number of nitrogens with two attached hydrogens (primary N) is 1. The number of aliphatic imine (C=N–C) groups is 1. The summed E-state index contributed by atoms with van der Waals surface area (Å²) in [5.74, 6) is 0.221. The van der Waals surface area contributed by atoms with Crippen LogP contribution in [0.2, 0.25) is 0 Å². The minimum Gasteiger partial charge on any atom is -0.370 e. The van der Waals surface area contributed by atoms with Gasteiger partial charge in [-0.25, -0.2) is 12.7 Å². The zero-order valence-corrected chi connectivity index (χ0v) is 14.7. The Morgan fingerprint density at radius 3 is 2.65 bits per heavy atom. The highest BCUT2D eigenvalue weighted by molar-refractivity contribution is 7.89. The largest absolute Gasteiger partial charge is 0.370 e. The first-order chi connectivity index (χ1) is 11.0. The summed E-state index contributed by atoms with van der Waals surface area (Å²) in [4.78, 5) is 4.13. The van der Waals surface area contributed by atoms with E-state index in [2.05, 4.69) is 22.4 Å². The average molecular weight is 338 g/mol. The predicted molar refractivity (Wildman–Crippen MR) is 95.3 cm³/mol. The summed E-state index contributed by atoms with van der Waals surface area (Å²) in [6.45, 7) is 4.77. The molecule has 0 fully saturated rings. The molecule has 0 radical (unpaired) electrons. The molecule has 6 nitrogen and oxygen atoms in total. The highest BCUT2D eigenvalue weighted by Gasteiger charge is 2.17. The van der Waals surface area contributed by atoms with Gasteiger partial charge in [0.2, 0.25) is 10.0 Å². The van der Waals surface area contributed by atoms with E-state index in [1.165, 1.54) is 21.9 Å². The van der Waals surface area contributed by atoms with Gasteiger partial charge in [0.15, 0.2) is 5.96 Å². The number of rotatable bonds is 7. The van der Waals surface area contributed by atoms with Crippen molar-refractivity contribution in [1.82, 2.24) is 4.31 Å². The number of benzene rings is 1. The number of nitrogens with one attached hydrogen (secondary N) is 1. The van der Waals surface area contributed by atoms with Crippen LogP contribution in [-0.2, 0) is 22.9 Å². The van der Waals surface area contributed by atoms with Crippen LogP contribution in [-0.4, -0.2) is 44.1 Å². The van der Waals surface area contributed by atoms with E-state index >= 15 is 0 Å². The third-order valence-corrected chi connectivity index (χ3v) is 6.10. The molecular formula is C16H26N4O2S. The molecule has 1 aromatic rings. The first-order valence-corrected chi connectivity index (χ1v) is 9.73. The number of hydrogen-bond acceptors (Lipinski definition) is 3. The number of hydrogen-bond donors (Lipinski definition) is 2. The number of nitrogens with zero attached hydrogens (tertiary/aromatic N) is 2. The molecule has 0 spiro atoms. The number of aryl methyl sites for hydroxylation is 2. The predicted octanol–water partition coefficient (Wildman–Crippen LogP) is 1.57. The second-order valence-electron chi connectivity index (χ2n) is 5.63. The zero-order valence-electron chi connectivity index (χ0n) is 13.9. The van der Waals surface area contributed by atoms with E-state index < -0.39 is 10.0 Å². The van der Waals surface area contributed by atoms with E-state index in [9.17, 15) is 8.42 Å². The maximum Gasteiger partial charge on any atom is 0.215 e.